The minimum absolute atomic E-state index is 0.0631. The van der Waals surface area contributed by atoms with E-state index in [4.69, 9.17) is 4.74 Å². The van der Waals surface area contributed by atoms with Gasteiger partial charge in [-0.3, -0.25) is 0 Å². The highest BCUT2D eigenvalue weighted by Crippen LogP contribution is 2.19. The molecule has 1 saturated heterocycles. The molecule has 2 aromatic rings. The number of nitrogens with zero attached hydrogens (tertiary/aromatic N) is 5. The van der Waals surface area contributed by atoms with E-state index in [-0.39, 0.29) is 12.1 Å². The van der Waals surface area contributed by atoms with Gasteiger partial charge in [0.15, 0.2) is 0 Å². The minimum Gasteiger partial charge on any atom is -0.375 e. The van der Waals surface area contributed by atoms with Crippen LogP contribution in [0.2, 0.25) is 0 Å². The summed E-state index contributed by atoms with van der Waals surface area (Å²) in [5, 5.41) is 14.0. The lowest BCUT2D eigenvalue weighted by Gasteiger charge is -2.31. The van der Waals surface area contributed by atoms with Crippen molar-refractivity contribution in [3.63, 3.8) is 0 Å². The first-order valence-corrected chi connectivity index (χ1v) is 7.15. The number of hydrogen-bond donors (Lipinski definition) is 1. The molecular weight excluding hydrogens is 284 g/mol. The maximum atomic E-state index is 12.4. The van der Waals surface area contributed by atoms with Crippen LogP contribution in [-0.4, -0.2) is 56.9 Å². The highest BCUT2D eigenvalue weighted by molar-refractivity contribution is 5.90. The number of morpholine rings is 1. The van der Waals surface area contributed by atoms with Crippen LogP contribution >= 0.6 is 0 Å². The molecule has 1 aliphatic rings. The Morgan fingerprint density at radius 2 is 2.32 bits per heavy atom. The maximum absolute atomic E-state index is 12.4. The van der Waals surface area contributed by atoms with Crippen LogP contribution in [0.3, 0.4) is 0 Å². The van der Waals surface area contributed by atoms with E-state index in [1.165, 1.54) is 6.33 Å². The lowest BCUT2D eigenvalue weighted by molar-refractivity contribution is -0.00138. The zero-order chi connectivity index (χ0) is 15.5. The fourth-order valence-corrected chi connectivity index (χ4v) is 2.36. The normalized spacial score (nSPS) is 18.3. The van der Waals surface area contributed by atoms with Gasteiger partial charge >= 0.3 is 6.03 Å². The first-order chi connectivity index (χ1) is 10.6. The van der Waals surface area contributed by atoms with Crippen molar-refractivity contribution in [2.45, 2.75) is 20.0 Å². The summed E-state index contributed by atoms with van der Waals surface area (Å²) in [5.41, 5.74) is 2.52. The molecule has 1 fully saturated rings. The van der Waals surface area contributed by atoms with E-state index >= 15 is 0 Å². The number of aromatic nitrogens is 4. The molecule has 8 nitrogen and oxygen atoms in total. The molecule has 1 N–H and O–H groups in total. The third kappa shape index (κ3) is 3.06. The van der Waals surface area contributed by atoms with Crippen LogP contribution < -0.4 is 5.32 Å². The second-order valence-corrected chi connectivity index (χ2v) is 5.31. The van der Waals surface area contributed by atoms with Gasteiger partial charge in [-0.25, -0.2) is 9.48 Å². The number of hydrogen-bond acceptors (Lipinski definition) is 5. The van der Waals surface area contributed by atoms with E-state index in [9.17, 15) is 4.79 Å². The van der Waals surface area contributed by atoms with E-state index in [0.29, 0.717) is 19.7 Å². The van der Waals surface area contributed by atoms with E-state index < -0.39 is 0 Å². The van der Waals surface area contributed by atoms with E-state index in [2.05, 4.69) is 20.8 Å². The molecule has 0 unspecified atom stereocenters. The summed E-state index contributed by atoms with van der Waals surface area (Å²) in [6.07, 6.45) is 1.58. The zero-order valence-corrected chi connectivity index (χ0v) is 12.6. The molecule has 1 aliphatic heterocycles. The molecule has 0 bridgehead atoms. The van der Waals surface area contributed by atoms with Gasteiger partial charge in [-0.15, -0.1) is 5.10 Å². The number of amides is 2. The second kappa shape index (κ2) is 6.10. The molecule has 116 valence electrons. The Balaban J connectivity index is 1.76. The lowest BCUT2D eigenvalue weighted by Crippen LogP contribution is -2.46. The Morgan fingerprint density at radius 3 is 3.05 bits per heavy atom. The van der Waals surface area contributed by atoms with Crippen LogP contribution in [0.15, 0.2) is 24.5 Å². The molecule has 22 heavy (non-hydrogen) atoms. The molecule has 2 heterocycles. The number of rotatable bonds is 2. The number of carbonyl (C=O) groups excluding carboxylic acids is 1. The Bertz CT molecular complexity index is 657. The number of tetrazole rings is 1. The molecule has 1 atom stereocenters. The van der Waals surface area contributed by atoms with Gasteiger partial charge in [0.1, 0.15) is 6.33 Å². The van der Waals surface area contributed by atoms with Crippen LogP contribution in [0.1, 0.15) is 12.5 Å². The highest BCUT2D eigenvalue weighted by atomic mass is 16.5. The van der Waals surface area contributed by atoms with Crippen molar-refractivity contribution in [1.29, 1.82) is 0 Å². The zero-order valence-electron chi connectivity index (χ0n) is 12.6. The number of carbonyl (C=O) groups is 1. The summed E-state index contributed by atoms with van der Waals surface area (Å²) < 4.78 is 7.00. The predicted molar refractivity (Wildman–Crippen MR) is 79.9 cm³/mol. The van der Waals surface area contributed by atoms with E-state index in [0.717, 1.165) is 16.9 Å². The standard InChI is InChI=1S/C14H18N6O2/c1-10-3-4-12(20-9-15-17-18-20)7-13(10)16-14(21)19-5-6-22-11(2)8-19/h3-4,7,9,11H,5-6,8H2,1-2H3,(H,16,21)/t11-/m1/s1. The van der Waals surface area contributed by atoms with Crippen molar-refractivity contribution in [2.75, 3.05) is 25.0 Å². The van der Waals surface area contributed by atoms with Gasteiger partial charge in [0.05, 0.1) is 18.4 Å². The van der Waals surface area contributed by atoms with Crippen LogP contribution in [0.25, 0.3) is 5.69 Å². The number of aryl methyl sites for hydroxylation is 1. The van der Waals surface area contributed by atoms with Gasteiger partial charge in [-0.05, 0) is 42.0 Å². The van der Waals surface area contributed by atoms with Crippen molar-refractivity contribution in [3.8, 4) is 5.69 Å². The Kier molecular flexibility index (Phi) is 4.01. The number of benzene rings is 1. The minimum atomic E-state index is -0.118. The Morgan fingerprint density at radius 1 is 1.45 bits per heavy atom. The van der Waals surface area contributed by atoms with Crippen LogP contribution in [-0.2, 0) is 4.74 Å². The molecule has 0 saturated carbocycles. The third-order valence-electron chi connectivity index (χ3n) is 3.60. The fraction of sp³-hybridized carbons (Fsp3) is 0.429. The molecule has 2 amide bonds. The van der Waals surface area contributed by atoms with Gasteiger partial charge in [-0.2, -0.15) is 0 Å². The highest BCUT2D eigenvalue weighted by Gasteiger charge is 2.21. The molecule has 0 spiro atoms. The quantitative estimate of drug-likeness (QED) is 0.901. The first-order valence-electron chi connectivity index (χ1n) is 7.15. The average molecular weight is 302 g/mol. The van der Waals surface area contributed by atoms with Gasteiger partial charge in [0.2, 0.25) is 0 Å². The Labute approximate surface area is 128 Å². The summed E-state index contributed by atoms with van der Waals surface area (Å²) in [4.78, 5) is 14.1. The summed E-state index contributed by atoms with van der Waals surface area (Å²) >= 11 is 0. The predicted octanol–water partition coefficient (Wildman–Crippen LogP) is 1.22. The number of nitrogens with one attached hydrogen (secondary N) is 1. The number of ether oxygens (including phenoxy) is 1. The molecule has 8 heteroatoms. The van der Waals surface area contributed by atoms with Crippen molar-refractivity contribution >= 4 is 11.7 Å². The van der Waals surface area contributed by atoms with Gasteiger partial charge in [0, 0.05) is 18.8 Å². The van der Waals surface area contributed by atoms with Gasteiger partial charge in [0.25, 0.3) is 0 Å². The first kappa shape index (κ1) is 14.5. The maximum Gasteiger partial charge on any atom is 0.322 e. The Hall–Kier alpha value is -2.48. The van der Waals surface area contributed by atoms with Crippen molar-refractivity contribution in [3.05, 3.63) is 30.1 Å². The summed E-state index contributed by atoms with van der Waals surface area (Å²) in [6, 6.07) is 5.56. The molecule has 1 aromatic heterocycles. The number of urea groups is 1. The van der Waals surface area contributed by atoms with Crippen LogP contribution in [0.4, 0.5) is 10.5 Å². The smallest absolute Gasteiger partial charge is 0.322 e. The van der Waals surface area contributed by atoms with Crippen molar-refractivity contribution in [1.82, 2.24) is 25.1 Å². The van der Waals surface area contributed by atoms with Crippen LogP contribution in [0.5, 0.6) is 0 Å². The average Bonchev–Trinajstić information content (AvgIpc) is 3.04. The van der Waals surface area contributed by atoms with E-state index in [1.54, 1.807) is 9.58 Å². The fourth-order valence-electron chi connectivity index (χ4n) is 2.36. The summed E-state index contributed by atoms with van der Waals surface area (Å²) in [6.45, 7) is 5.67. The monoisotopic (exact) mass is 302 g/mol. The van der Waals surface area contributed by atoms with Crippen molar-refractivity contribution < 1.29 is 9.53 Å². The molecule has 1 aromatic carbocycles. The summed E-state index contributed by atoms with van der Waals surface area (Å²) in [7, 11) is 0. The van der Waals surface area contributed by atoms with Crippen LogP contribution in [0, 0.1) is 6.92 Å². The molecular formula is C14H18N6O2. The second-order valence-electron chi connectivity index (χ2n) is 5.31. The largest absolute Gasteiger partial charge is 0.375 e. The third-order valence-corrected chi connectivity index (χ3v) is 3.60. The SMILES string of the molecule is Cc1ccc(-n2cnnn2)cc1NC(=O)N1CCO[C@H](C)C1. The molecule has 0 aliphatic carbocycles. The van der Waals surface area contributed by atoms with Gasteiger partial charge in [-0.1, -0.05) is 6.07 Å². The molecule has 3 rings (SSSR count). The lowest BCUT2D eigenvalue weighted by atomic mass is 10.2. The summed E-state index contributed by atoms with van der Waals surface area (Å²) in [5.74, 6) is 0. The van der Waals surface area contributed by atoms with Crippen molar-refractivity contribution in [2.24, 2.45) is 0 Å². The van der Waals surface area contributed by atoms with Gasteiger partial charge < -0.3 is 15.0 Å². The topological polar surface area (TPSA) is 85.2 Å². The van der Waals surface area contributed by atoms with E-state index in [1.807, 2.05) is 32.0 Å². The number of anilines is 1. The molecule has 0 radical (unpaired) electrons.